The highest BCUT2D eigenvalue weighted by Crippen LogP contribution is 2.52. The van der Waals surface area contributed by atoms with Crippen LogP contribution in [0.1, 0.15) is 49.5 Å². The number of nitro benzene ring substituents is 1. The number of anilines is 1. The lowest BCUT2D eigenvalue weighted by atomic mass is 9.93. The van der Waals surface area contributed by atoms with E-state index in [1.807, 2.05) is 4.90 Å². The molecule has 12 nitrogen and oxygen atoms in total. The quantitative estimate of drug-likeness (QED) is 0.168. The van der Waals surface area contributed by atoms with Crippen molar-refractivity contribution >= 4 is 38.8 Å². The van der Waals surface area contributed by atoms with Crippen LogP contribution in [0, 0.1) is 21.4 Å². The number of carbonyl (C=O) groups is 1. The molecule has 0 N–H and O–H groups in total. The number of hydrogen-bond donors (Lipinski definition) is 0. The molecule has 2 aliphatic rings. The lowest BCUT2D eigenvalue weighted by Crippen LogP contribution is -2.49. The minimum absolute atomic E-state index is 0.0122. The van der Waals surface area contributed by atoms with Crippen molar-refractivity contribution < 1.29 is 22.9 Å². The fourth-order valence-electron chi connectivity index (χ4n) is 5.47. The van der Waals surface area contributed by atoms with Crippen LogP contribution < -0.4 is 15.2 Å². The first-order valence-corrected chi connectivity index (χ1v) is 16.3. The Morgan fingerprint density at radius 1 is 1.14 bits per heavy atom. The third-order valence-corrected chi connectivity index (χ3v) is 10.6. The summed E-state index contributed by atoms with van der Waals surface area (Å²) >= 11 is 6.17. The summed E-state index contributed by atoms with van der Waals surface area (Å²) < 4.78 is 35.4. The number of rotatable bonds is 11. The van der Waals surface area contributed by atoms with Gasteiger partial charge in [0.1, 0.15) is 5.69 Å². The van der Waals surface area contributed by atoms with E-state index in [9.17, 15) is 28.1 Å². The Kier molecular flexibility index (Phi) is 8.83. The van der Waals surface area contributed by atoms with Crippen LogP contribution in [0.5, 0.6) is 5.75 Å². The molecule has 1 saturated carbocycles. The van der Waals surface area contributed by atoms with Crippen LogP contribution in [0.2, 0.25) is 5.02 Å². The maximum absolute atomic E-state index is 13.7. The third-order valence-electron chi connectivity index (χ3n) is 8.55. The summed E-state index contributed by atoms with van der Waals surface area (Å²) in [5.74, 6) is -0.385. The number of Topliss-reactive ketones (excluding diaryl/α,β-unsaturated/α-hetero) is 1. The van der Waals surface area contributed by atoms with E-state index in [2.05, 4.69) is 18.9 Å². The summed E-state index contributed by atoms with van der Waals surface area (Å²) in [5.41, 5.74) is 0.278. The number of hydrogen-bond acceptors (Lipinski definition) is 9. The van der Waals surface area contributed by atoms with E-state index in [0.717, 1.165) is 18.9 Å². The molecule has 2 fully saturated rings. The predicted molar refractivity (Wildman–Crippen MR) is 166 cm³/mol. The van der Waals surface area contributed by atoms with Crippen molar-refractivity contribution in [3.05, 3.63) is 85.3 Å². The van der Waals surface area contributed by atoms with Gasteiger partial charge in [-0.3, -0.25) is 19.7 Å². The molecule has 1 aliphatic carbocycles. The Bertz CT molecular complexity index is 1760. The van der Waals surface area contributed by atoms with E-state index in [4.69, 9.17) is 16.3 Å². The Balaban J connectivity index is 1.36. The molecule has 3 aromatic rings. The molecule has 1 saturated heterocycles. The van der Waals surface area contributed by atoms with Crippen molar-refractivity contribution in [3.8, 4) is 11.4 Å². The third kappa shape index (κ3) is 6.49. The topological polar surface area (TPSA) is 145 Å². The number of ether oxygens (including phenoxy) is 1. The molecule has 2 heterocycles. The summed E-state index contributed by atoms with van der Waals surface area (Å²) in [7, 11) is -3.84. The maximum atomic E-state index is 13.7. The molecule has 14 heteroatoms. The number of aromatic nitrogens is 2. The van der Waals surface area contributed by atoms with Crippen molar-refractivity contribution in [2.24, 2.45) is 11.3 Å². The van der Waals surface area contributed by atoms with Crippen LogP contribution in [0.15, 0.2) is 53.5 Å². The van der Waals surface area contributed by atoms with Crippen LogP contribution in [0.3, 0.4) is 0 Å². The van der Waals surface area contributed by atoms with Crippen LogP contribution >= 0.6 is 11.6 Å². The zero-order valence-corrected chi connectivity index (χ0v) is 26.3. The average Bonchev–Trinajstić information content (AvgIpc) is 3.77. The normalized spacial score (nSPS) is 16.6. The Morgan fingerprint density at radius 3 is 2.43 bits per heavy atom. The molecule has 1 aromatic heterocycles. The average molecular weight is 644 g/mol. The highest BCUT2D eigenvalue weighted by molar-refractivity contribution is 7.88. The van der Waals surface area contributed by atoms with Gasteiger partial charge in [-0.15, -0.1) is 0 Å². The predicted octanol–water partition coefficient (Wildman–Crippen LogP) is 4.46. The van der Waals surface area contributed by atoms with E-state index in [-0.39, 0.29) is 48.5 Å². The molecule has 44 heavy (non-hydrogen) atoms. The number of halogens is 1. The minimum atomic E-state index is -3.84. The van der Waals surface area contributed by atoms with Crippen LogP contribution in [-0.2, 0) is 15.8 Å². The summed E-state index contributed by atoms with van der Waals surface area (Å²) in [6, 6.07) is 10.7. The number of sulfonamides is 1. The first-order chi connectivity index (χ1) is 20.8. The monoisotopic (exact) mass is 643 g/mol. The van der Waals surface area contributed by atoms with Gasteiger partial charge in [0, 0.05) is 42.7 Å². The molecule has 0 amide bonds. The number of piperazine rings is 1. The van der Waals surface area contributed by atoms with E-state index in [0.29, 0.717) is 28.9 Å². The van der Waals surface area contributed by atoms with Gasteiger partial charge in [0.25, 0.3) is 5.69 Å². The van der Waals surface area contributed by atoms with Crippen LogP contribution in [0.4, 0.5) is 11.4 Å². The fraction of sp³-hybridized carbons (Fsp3) is 0.433. The zero-order valence-electron chi connectivity index (χ0n) is 24.7. The van der Waals surface area contributed by atoms with Gasteiger partial charge in [0.15, 0.2) is 5.78 Å². The van der Waals surface area contributed by atoms with Crippen LogP contribution in [-0.4, -0.2) is 66.0 Å². The zero-order chi connectivity index (χ0) is 31.8. The van der Waals surface area contributed by atoms with E-state index in [1.165, 1.54) is 28.0 Å². The first kappa shape index (κ1) is 31.6. The van der Waals surface area contributed by atoms with Gasteiger partial charge in [-0.25, -0.2) is 8.42 Å². The highest BCUT2D eigenvalue weighted by atomic mass is 35.5. The van der Waals surface area contributed by atoms with Gasteiger partial charge in [-0.2, -0.15) is 14.1 Å². The number of carbonyl (C=O) groups excluding carboxylic acids is 1. The molecule has 0 radical (unpaired) electrons. The fourth-order valence-corrected chi connectivity index (χ4v) is 7.16. The van der Waals surface area contributed by atoms with Gasteiger partial charge >= 0.3 is 5.56 Å². The Morgan fingerprint density at radius 2 is 1.84 bits per heavy atom. The molecular formula is C30H34ClN5O7S. The number of benzene rings is 2. The van der Waals surface area contributed by atoms with Crippen LogP contribution in [0.25, 0.3) is 5.69 Å². The molecule has 0 unspecified atom stereocenters. The molecular weight excluding hydrogens is 610 g/mol. The number of ketones is 1. The van der Waals surface area contributed by atoms with Gasteiger partial charge in [-0.1, -0.05) is 37.6 Å². The SMILES string of the molecule is CC(=O)c1ccc(CS(=O)(=O)N2CCN(c3cnn(-c4cccc(Cl)c4)c(=O)c3OCC3(C(C)C)CC3)CC2)cc1[N+](=O)[O-]. The lowest BCUT2D eigenvalue weighted by molar-refractivity contribution is -0.385. The molecule has 0 spiro atoms. The summed E-state index contributed by atoms with van der Waals surface area (Å²) in [4.78, 5) is 38.2. The summed E-state index contributed by atoms with van der Waals surface area (Å²) in [6.45, 7) is 6.69. The molecule has 0 atom stereocenters. The Labute approximate surface area is 260 Å². The second-order valence-electron chi connectivity index (χ2n) is 11.7. The van der Waals surface area contributed by atoms with Crippen molar-refractivity contribution in [2.75, 3.05) is 37.7 Å². The van der Waals surface area contributed by atoms with E-state index >= 15 is 0 Å². The van der Waals surface area contributed by atoms with Crippen molar-refractivity contribution in [3.63, 3.8) is 0 Å². The highest BCUT2D eigenvalue weighted by Gasteiger charge is 2.46. The molecule has 234 valence electrons. The van der Waals surface area contributed by atoms with Crippen molar-refractivity contribution in [2.45, 2.75) is 39.4 Å². The summed E-state index contributed by atoms with van der Waals surface area (Å²) in [6.07, 6.45) is 3.60. The summed E-state index contributed by atoms with van der Waals surface area (Å²) in [5, 5.41) is 16.3. The van der Waals surface area contributed by atoms with Gasteiger partial charge in [0.2, 0.25) is 15.8 Å². The number of nitro groups is 1. The van der Waals surface area contributed by atoms with Gasteiger partial charge < -0.3 is 9.64 Å². The second kappa shape index (κ2) is 12.3. The second-order valence-corrected chi connectivity index (χ2v) is 14.1. The van der Waals surface area contributed by atoms with Gasteiger partial charge in [0.05, 0.1) is 34.7 Å². The standard InChI is InChI=1S/C30H34ClN5O7S/c1-20(2)30(9-10-30)19-43-28-27(17-32-35(29(28)38)24-6-4-5-23(31)16-24)33-11-13-34(14-12-33)44(41,42)18-22-7-8-25(21(3)37)26(15-22)36(39)40/h4-8,15-17,20H,9-14,18-19H2,1-3H3. The molecule has 0 bridgehead atoms. The maximum Gasteiger partial charge on any atom is 0.316 e. The minimum Gasteiger partial charge on any atom is -0.486 e. The Hall–Kier alpha value is -3.81. The van der Waals surface area contributed by atoms with E-state index in [1.54, 1.807) is 30.5 Å². The number of nitrogens with zero attached hydrogens (tertiary/aromatic N) is 5. The van der Waals surface area contributed by atoms with E-state index < -0.39 is 37.7 Å². The van der Waals surface area contributed by atoms with Gasteiger partial charge in [-0.05, 0) is 55.5 Å². The molecule has 1 aliphatic heterocycles. The lowest BCUT2D eigenvalue weighted by Gasteiger charge is -2.36. The molecule has 2 aromatic carbocycles. The smallest absolute Gasteiger partial charge is 0.316 e. The van der Waals surface area contributed by atoms with Crippen molar-refractivity contribution in [1.82, 2.24) is 14.1 Å². The first-order valence-electron chi connectivity index (χ1n) is 14.3. The molecule has 5 rings (SSSR count). The van der Waals surface area contributed by atoms with Crippen molar-refractivity contribution in [1.29, 1.82) is 0 Å². The largest absolute Gasteiger partial charge is 0.486 e.